The molecule has 0 aromatic carbocycles. The fraction of sp³-hybridized carbons (Fsp3) is 0.286. The van der Waals surface area contributed by atoms with Gasteiger partial charge in [0.1, 0.15) is 3.70 Å². The van der Waals surface area contributed by atoms with E-state index in [1.807, 2.05) is 0 Å². The monoisotopic (exact) mass is 341 g/mol. The van der Waals surface area contributed by atoms with Crippen molar-refractivity contribution in [2.75, 3.05) is 0 Å². The highest BCUT2D eigenvalue weighted by Gasteiger charge is 2.38. The lowest BCUT2D eigenvalue weighted by Gasteiger charge is -2.11. The van der Waals surface area contributed by atoms with E-state index < -0.39 is 33.4 Å². The summed E-state index contributed by atoms with van der Waals surface area (Å²) in [6.07, 6.45) is -8.43. The van der Waals surface area contributed by atoms with E-state index in [0.717, 1.165) is 0 Å². The molecule has 0 saturated carbocycles. The Balaban J connectivity index is 3.42. The fourth-order valence-electron chi connectivity index (χ4n) is 0.874. The molecule has 0 bridgehead atoms. The summed E-state index contributed by atoms with van der Waals surface area (Å²) in [7, 11) is 0. The maximum Gasteiger partial charge on any atom is 0.433 e. The molecule has 8 heteroatoms. The van der Waals surface area contributed by atoms with Crippen LogP contribution in [0.2, 0.25) is 0 Å². The zero-order valence-electron chi connectivity index (χ0n) is 6.75. The van der Waals surface area contributed by atoms with Crippen LogP contribution >= 0.6 is 22.6 Å². The van der Waals surface area contributed by atoms with Crippen LogP contribution in [0.1, 0.15) is 17.7 Å². The SMILES string of the molecule is Fc1cc(C(F)F)c(C(F)(F)F)nc1I. The van der Waals surface area contributed by atoms with Crippen molar-refractivity contribution in [3.8, 4) is 0 Å². The fourth-order valence-corrected chi connectivity index (χ4v) is 1.27. The van der Waals surface area contributed by atoms with Crippen molar-refractivity contribution in [1.82, 2.24) is 4.98 Å². The van der Waals surface area contributed by atoms with Gasteiger partial charge in [0, 0.05) is 0 Å². The van der Waals surface area contributed by atoms with Crippen LogP contribution in [-0.4, -0.2) is 4.98 Å². The van der Waals surface area contributed by atoms with Crippen molar-refractivity contribution in [2.24, 2.45) is 0 Å². The summed E-state index contributed by atoms with van der Waals surface area (Å²) < 4.78 is 73.1. The molecular weight excluding hydrogens is 339 g/mol. The van der Waals surface area contributed by atoms with Gasteiger partial charge in [0.2, 0.25) is 0 Å². The van der Waals surface area contributed by atoms with Gasteiger partial charge in [0.25, 0.3) is 6.43 Å². The minimum atomic E-state index is -5.01. The Morgan fingerprint density at radius 1 is 1.27 bits per heavy atom. The number of alkyl halides is 5. The summed E-state index contributed by atoms with van der Waals surface area (Å²) in [5.74, 6) is -1.20. The van der Waals surface area contributed by atoms with Crippen LogP contribution < -0.4 is 0 Å². The van der Waals surface area contributed by atoms with Crippen molar-refractivity contribution >= 4 is 22.6 Å². The van der Waals surface area contributed by atoms with Crippen molar-refractivity contribution in [2.45, 2.75) is 12.6 Å². The number of rotatable bonds is 1. The molecule has 0 atom stereocenters. The van der Waals surface area contributed by atoms with E-state index in [0.29, 0.717) is 0 Å². The van der Waals surface area contributed by atoms with Gasteiger partial charge in [-0.1, -0.05) is 0 Å². The second kappa shape index (κ2) is 4.14. The molecule has 0 spiro atoms. The summed E-state index contributed by atoms with van der Waals surface area (Å²) >= 11 is 1.20. The molecule has 0 radical (unpaired) electrons. The molecule has 0 aliphatic heterocycles. The quantitative estimate of drug-likeness (QED) is 0.430. The average Bonchev–Trinajstić information content (AvgIpc) is 2.06. The van der Waals surface area contributed by atoms with Gasteiger partial charge in [-0.15, -0.1) is 0 Å². The van der Waals surface area contributed by atoms with E-state index in [-0.39, 0.29) is 6.07 Å². The van der Waals surface area contributed by atoms with E-state index in [1.54, 1.807) is 0 Å². The van der Waals surface area contributed by atoms with Crippen LogP contribution in [-0.2, 0) is 6.18 Å². The summed E-state index contributed by atoms with van der Waals surface area (Å²) in [5.41, 5.74) is -3.19. The zero-order valence-corrected chi connectivity index (χ0v) is 8.91. The lowest BCUT2D eigenvalue weighted by Crippen LogP contribution is -2.14. The number of nitrogens with zero attached hydrogens (tertiary/aromatic N) is 1. The third kappa shape index (κ3) is 2.73. The van der Waals surface area contributed by atoms with Crippen molar-refractivity contribution < 1.29 is 26.3 Å². The van der Waals surface area contributed by atoms with E-state index >= 15 is 0 Å². The van der Waals surface area contributed by atoms with Crippen LogP contribution in [0.5, 0.6) is 0 Å². The Bertz CT molecular complexity index is 374. The number of halogens is 7. The van der Waals surface area contributed by atoms with Crippen LogP contribution in [0.4, 0.5) is 26.3 Å². The van der Waals surface area contributed by atoms with E-state index in [4.69, 9.17) is 0 Å². The summed E-state index contributed by atoms with van der Waals surface area (Å²) in [6.45, 7) is 0. The number of pyridine rings is 1. The van der Waals surface area contributed by atoms with Crippen molar-refractivity contribution in [3.63, 3.8) is 0 Å². The minimum Gasteiger partial charge on any atom is -0.234 e. The molecule has 1 aromatic rings. The topological polar surface area (TPSA) is 12.9 Å². The van der Waals surface area contributed by atoms with Gasteiger partial charge in [-0.25, -0.2) is 18.2 Å². The van der Waals surface area contributed by atoms with Crippen LogP contribution in [0, 0.1) is 9.52 Å². The van der Waals surface area contributed by atoms with Crippen LogP contribution in [0.3, 0.4) is 0 Å². The van der Waals surface area contributed by atoms with Gasteiger partial charge < -0.3 is 0 Å². The summed E-state index contributed by atoms with van der Waals surface area (Å²) in [6, 6.07) is 0.155. The maximum atomic E-state index is 12.7. The van der Waals surface area contributed by atoms with Gasteiger partial charge in [-0.3, -0.25) is 0 Å². The van der Waals surface area contributed by atoms with E-state index in [1.165, 1.54) is 22.6 Å². The largest absolute Gasteiger partial charge is 0.433 e. The second-order valence-electron chi connectivity index (χ2n) is 2.50. The highest BCUT2D eigenvalue weighted by molar-refractivity contribution is 14.1. The lowest BCUT2D eigenvalue weighted by molar-refractivity contribution is -0.143. The van der Waals surface area contributed by atoms with Crippen LogP contribution in [0.15, 0.2) is 6.07 Å². The second-order valence-corrected chi connectivity index (χ2v) is 3.52. The standard InChI is InChI=1S/C7H2F6IN/c8-3-1-2(5(9)10)4(7(11,12)13)15-6(3)14/h1,5H. The smallest absolute Gasteiger partial charge is 0.234 e. The molecule has 1 nitrogen and oxygen atoms in total. The molecule has 0 aliphatic carbocycles. The number of aromatic nitrogens is 1. The molecular formula is C7H2F6IN. The molecule has 0 aliphatic rings. The van der Waals surface area contributed by atoms with Crippen molar-refractivity contribution in [1.29, 1.82) is 0 Å². The first-order chi connectivity index (χ1) is 6.73. The Morgan fingerprint density at radius 3 is 2.20 bits per heavy atom. The Labute approximate surface area is 93.6 Å². The van der Waals surface area contributed by atoms with Gasteiger partial charge in [0.15, 0.2) is 11.5 Å². The summed E-state index contributed by atoms with van der Waals surface area (Å²) in [5, 5.41) is 0. The number of hydrogen-bond donors (Lipinski definition) is 0. The number of hydrogen-bond acceptors (Lipinski definition) is 1. The molecule has 15 heavy (non-hydrogen) atoms. The first-order valence-corrected chi connectivity index (χ1v) is 4.52. The molecule has 0 N–H and O–H groups in total. The van der Waals surface area contributed by atoms with E-state index in [2.05, 4.69) is 4.98 Å². The predicted octanol–water partition coefficient (Wildman–Crippen LogP) is 3.78. The van der Waals surface area contributed by atoms with Gasteiger partial charge in [-0.2, -0.15) is 13.2 Å². The van der Waals surface area contributed by atoms with Gasteiger partial charge in [0.05, 0.1) is 5.56 Å². The first-order valence-electron chi connectivity index (χ1n) is 3.44. The molecule has 84 valence electrons. The average molecular weight is 341 g/mol. The zero-order chi connectivity index (χ0) is 11.8. The molecule has 1 aromatic heterocycles. The predicted molar refractivity (Wildman–Crippen MR) is 46.9 cm³/mol. The molecule has 1 rings (SSSR count). The third-order valence-corrected chi connectivity index (χ3v) is 2.22. The van der Waals surface area contributed by atoms with Crippen LogP contribution in [0.25, 0.3) is 0 Å². The summed E-state index contributed by atoms with van der Waals surface area (Å²) in [4.78, 5) is 2.77. The van der Waals surface area contributed by atoms with E-state index in [9.17, 15) is 26.3 Å². The maximum absolute atomic E-state index is 12.7. The Kier molecular flexibility index (Phi) is 3.46. The molecule has 0 saturated heterocycles. The molecule has 0 unspecified atom stereocenters. The Hall–Kier alpha value is -0.540. The lowest BCUT2D eigenvalue weighted by atomic mass is 10.2. The molecule has 0 fully saturated rings. The Morgan fingerprint density at radius 2 is 1.80 bits per heavy atom. The molecule has 0 amide bonds. The third-order valence-electron chi connectivity index (χ3n) is 1.47. The van der Waals surface area contributed by atoms with Gasteiger partial charge in [-0.05, 0) is 28.7 Å². The van der Waals surface area contributed by atoms with Crippen molar-refractivity contribution in [3.05, 3.63) is 26.8 Å². The first kappa shape index (κ1) is 12.5. The highest BCUT2D eigenvalue weighted by atomic mass is 127. The molecule has 1 heterocycles. The van der Waals surface area contributed by atoms with Gasteiger partial charge >= 0.3 is 6.18 Å². The minimum absolute atomic E-state index is 0.155. The highest BCUT2D eigenvalue weighted by Crippen LogP contribution is 2.35. The normalized spacial score (nSPS) is 12.3.